The van der Waals surface area contributed by atoms with Crippen molar-refractivity contribution in [1.29, 1.82) is 0 Å². The Bertz CT molecular complexity index is 1010. The largest absolute Gasteiger partial charge is 0.494 e. The molecule has 0 saturated carbocycles. The highest BCUT2D eigenvalue weighted by Crippen LogP contribution is 2.30. The summed E-state index contributed by atoms with van der Waals surface area (Å²) in [5.74, 6) is 1.36. The van der Waals surface area contributed by atoms with E-state index in [0.29, 0.717) is 5.82 Å². The van der Waals surface area contributed by atoms with Crippen molar-refractivity contribution in [2.45, 2.75) is 13.3 Å². The molecule has 0 spiro atoms. The number of pyridine rings is 1. The van der Waals surface area contributed by atoms with Crippen LogP contribution in [0.5, 0.6) is 5.75 Å². The fraction of sp³-hybridized carbons (Fsp3) is 0.158. The van der Waals surface area contributed by atoms with Crippen molar-refractivity contribution in [3.05, 3.63) is 48.8 Å². The Morgan fingerprint density at radius 3 is 2.67 bits per heavy atom. The number of aromatic amines is 1. The van der Waals surface area contributed by atoms with Crippen molar-refractivity contribution in [3.63, 3.8) is 0 Å². The summed E-state index contributed by atoms with van der Waals surface area (Å²) in [7, 11) is 0. The zero-order chi connectivity index (χ0) is 16.5. The number of nitrogen functional groups attached to an aromatic ring is 1. The first kappa shape index (κ1) is 14.5. The maximum absolute atomic E-state index is 6.02. The van der Waals surface area contributed by atoms with Crippen molar-refractivity contribution in [2.75, 3.05) is 12.3 Å². The number of H-pyrrole nitrogens is 1. The number of nitrogens with one attached hydrogen (secondary N) is 1. The van der Waals surface area contributed by atoms with Gasteiger partial charge in [-0.05, 0) is 41.8 Å². The molecule has 5 heteroatoms. The molecule has 0 amide bonds. The molecule has 2 aromatic heterocycles. The van der Waals surface area contributed by atoms with Crippen LogP contribution in [0.25, 0.3) is 33.1 Å². The maximum Gasteiger partial charge on any atom is 0.150 e. The molecule has 0 radical (unpaired) electrons. The lowest BCUT2D eigenvalue weighted by Gasteiger charge is -2.08. The van der Waals surface area contributed by atoms with E-state index in [1.165, 1.54) is 0 Å². The van der Waals surface area contributed by atoms with Crippen molar-refractivity contribution < 1.29 is 4.74 Å². The van der Waals surface area contributed by atoms with Crippen molar-refractivity contribution >= 4 is 27.8 Å². The van der Waals surface area contributed by atoms with Gasteiger partial charge >= 0.3 is 0 Å². The monoisotopic (exact) mass is 318 g/mol. The Morgan fingerprint density at radius 1 is 1.08 bits per heavy atom. The van der Waals surface area contributed by atoms with Gasteiger partial charge in [0.15, 0.2) is 0 Å². The van der Waals surface area contributed by atoms with Gasteiger partial charge in [-0.2, -0.15) is 0 Å². The van der Waals surface area contributed by atoms with E-state index in [1.54, 1.807) is 6.33 Å². The number of hydrogen-bond acceptors (Lipinski definition) is 4. The molecule has 3 N–H and O–H groups in total. The highest BCUT2D eigenvalue weighted by molar-refractivity contribution is 6.06. The molecule has 0 atom stereocenters. The minimum Gasteiger partial charge on any atom is -0.494 e. The van der Waals surface area contributed by atoms with Crippen molar-refractivity contribution in [1.82, 2.24) is 15.0 Å². The van der Waals surface area contributed by atoms with Gasteiger partial charge in [-0.3, -0.25) is 0 Å². The number of anilines is 1. The molecule has 0 bridgehead atoms. The van der Waals surface area contributed by atoms with E-state index >= 15 is 0 Å². The topological polar surface area (TPSA) is 76.8 Å². The SMILES string of the molecule is CCCOc1ccc(-c2ccc3c(c2)nc(N)c2[nH]cnc23)cc1. The number of fused-ring (bicyclic) bond motifs is 3. The average Bonchev–Trinajstić information content (AvgIpc) is 3.11. The van der Waals surface area contributed by atoms with E-state index < -0.39 is 0 Å². The van der Waals surface area contributed by atoms with E-state index in [0.717, 1.165) is 51.8 Å². The minimum atomic E-state index is 0.468. The standard InChI is InChI=1S/C19H18N4O/c1-2-9-24-14-6-3-12(4-7-14)13-5-8-15-16(10-13)23-19(20)18-17(15)21-11-22-18/h3-8,10-11H,2,9H2,1H3,(H2,20,23)(H,21,22). The number of nitrogens with two attached hydrogens (primary N) is 1. The van der Waals surface area contributed by atoms with E-state index in [1.807, 2.05) is 24.3 Å². The number of benzene rings is 2. The molecular formula is C19H18N4O. The highest BCUT2D eigenvalue weighted by atomic mass is 16.5. The van der Waals surface area contributed by atoms with Gasteiger partial charge in [0.05, 0.1) is 18.5 Å². The quantitative estimate of drug-likeness (QED) is 0.592. The average molecular weight is 318 g/mol. The second-order valence-electron chi connectivity index (χ2n) is 5.73. The Hall–Kier alpha value is -3.08. The van der Waals surface area contributed by atoms with Crippen LogP contribution < -0.4 is 10.5 Å². The molecule has 0 saturated heterocycles. The van der Waals surface area contributed by atoms with Crippen LogP contribution in [-0.2, 0) is 0 Å². The summed E-state index contributed by atoms with van der Waals surface area (Å²) in [6.45, 7) is 2.83. The van der Waals surface area contributed by atoms with Crippen LogP contribution in [0.4, 0.5) is 5.82 Å². The first-order chi connectivity index (χ1) is 11.8. The Balaban J connectivity index is 1.76. The lowest BCUT2D eigenvalue weighted by molar-refractivity contribution is 0.317. The third-order valence-electron chi connectivity index (χ3n) is 4.05. The molecule has 4 aromatic rings. The van der Waals surface area contributed by atoms with Gasteiger partial charge in [-0.25, -0.2) is 9.97 Å². The zero-order valence-electron chi connectivity index (χ0n) is 13.4. The fourth-order valence-corrected chi connectivity index (χ4v) is 2.85. The molecular weight excluding hydrogens is 300 g/mol. The Labute approximate surface area is 139 Å². The van der Waals surface area contributed by atoms with Gasteiger partial charge in [0.25, 0.3) is 0 Å². The van der Waals surface area contributed by atoms with Gasteiger partial charge < -0.3 is 15.5 Å². The third-order valence-corrected chi connectivity index (χ3v) is 4.05. The summed E-state index contributed by atoms with van der Waals surface area (Å²) >= 11 is 0. The smallest absolute Gasteiger partial charge is 0.150 e. The molecule has 120 valence electrons. The van der Waals surface area contributed by atoms with Crippen LogP contribution in [0.1, 0.15) is 13.3 Å². The molecule has 0 aliphatic carbocycles. The summed E-state index contributed by atoms with van der Waals surface area (Å²) < 4.78 is 5.63. The predicted octanol–water partition coefficient (Wildman–Crippen LogP) is 4.15. The van der Waals surface area contributed by atoms with Crippen molar-refractivity contribution in [2.24, 2.45) is 0 Å². The van der Waals surface area contributed by atoms with Gasteiger partial charge in [-0.1, -0.05) is 25.1 Å². The highest BCUT2D eigenvalue weighted by Gasteiger charge is 2.09. The maximum atomic E-state index is 6.02. The summed E-state index contributed by atoms with van der Waals surface area (Å²) in [5.41, 5.74) is 10.7. The number of aromatic nitrogens is 3. The van der Waals surface area contributed by atoms with E-state index in [9.17, 15) is 0 Å². The summed E-state index contributed by atoms with van der Waals surface area (Å²) in [6, 6.07) is 14.3. The molecule has 2 aromatic carbocycles. The Morgan fingerprint density at radius 2 is 1.88 bits per heavy atom. The summed E-state index contributed by atoms with van der Waals surface area (Å²) in [6.07, 6.45) is 2.65. The van der Waals surface area contributed by atoms with Gasteiger partial charge in [0.2, 0.25) is 0 Å². The molecule has 24 heavy (non-hydrogen) atoms. The summed E-state index contributed by atoms with van der Waals surface area (Å²) in [5, 5.41) is 0.993. The number of nitrogens with zero attached hydrogens (tertiary/aromatic N) is 2. The minimum absolute atomic E-state index is 0.468. The molecule has 2 heterocycles. The molecule has 5 nitrogen and oxygen atoms in total. The van der Waals surface area contributed by atoms with Gasteiger partial charge in [0, 0.05) is 5.39 Å². The molecule has 4 rings (SSSR count). The van der Waals surface area contributed by atoms with Crippen LogP contribution >= 0.6 is 0 Å². The van der Waals surface area contributed by atoms with E-state index in [-0.39, 0.29) is 0 Å². The lowest BCUT2D eigenvalue weighted by Crippen LogP contribution is -1.94. The number of hydrogen-bond donors (Lipinski definition) is 2. The lowest BCUT2D eigenvalue weighted by atomic mass is 10.0. The molecule has 0 aliphatic heterocycles. The second kappa shape index (κ2) is 5.85. The molecule has 0 fully saturated rings. The molecule has 0 unspecified atom stereocenters. The fourth-order valence-electron chi connectivity index (χ4n) is 2.85. The molecule has 0 aliphatic rings. The van der Waals surface area contributed by atoms with Crippen LogP contribution in [0, 0.1) is 0 Å². The number of ether oxygens (including phenoxy) is 1. The van der Waals surface area contributed by atoms with Crippen molar-refractivity contribution in [3.8, 4) is 16.9 Å². The number of rotatable bonds is 4. The van der Waals surface area contributed by atoms with E-state index in [2.05, 4.69) is 40.1 Å². The predicted molar refractivity (Wildman–Crippen MR) is 97.0 cm³/mol. The van der Waals surface area contributed by atoms with Crippen LogP contribution in [0.2, 0.25) is 0 Å². The first-order valence-corrected chi connectivity index (χ1v) is 8.02. The second-order valence-corrected chi connectivity index (χ2v) is 5.73. The normalized spacial score (nSPS) is 11.2. The van der Waals surface area contributed by atoms with E-state index in [4.69, 9.17) is 10.5 Å². The Kier molecular flexibility index (Phi) is 3.54. The third kappa shape index (κ3) is 2.44. The van der Waals surface area contributed by atoms with Gasteiger partial charge in [-0.15, -0.1) is 0 Å². The number of imidazole rings is 1. The van der Waals surface area contributed by atoms with Crippen LogP contribution in [-0.4, -0.2) is 21.6 Å². The van der Waals surface area contributed by atoms with Gasteiger partial charge in [0.1, 0.15) is 22.6 Å². The van der Waals surface area contributed by atoms with Crippen LogP contribution in [0.3, 0.4) is 0 Å². The van der Waals surface area contributed by atoms with Crippen LogP contribution in [0.15, 0.2) is 48.8 Å². The summed E-state index contributed by atoms with van der Waals surface area (Å²) in [4.78, 5) is 11.9. The zero-order valence-corrected chi connectivity index (χ0v) is 13.4. The first-order valence-electron chi connectivity index (χ1n) is 8.02.